The number of carbonyl (C=O) groups excluding carboxylic acids is 2. The van der Waals surface area contributed by atoms with E-state index in [0.717, 1.165) is 30.6 Å². The summed E-state index contributed by atoms with van der Waals surface area (Å²) in [5, 5.41) is 0. The third-order valence-electron chi connectivity index (χ3n) is 8.79. The highest BCUT2D eigenvalue weighted by atomic mass is 16.1. The van der Waals surface area contributed by atoms with E-state index in [1.165, 1.54) is 38.5 Å². The Morgan fingerprint density at radius 2 is 1.80 bits per heavy atom. The highest BCUT2D eigenvalue weighted by Gasteiger charge is 2.58. The maximum Gasteiger partial charge on any atom is 0.120 e. The summed E-state index contributed by atoms with van der Waals surface area (Å²) in [7, 11) is 0. The third kappa shape index (κ3) is 2.46. The van der Waals surface area contributed by atoms with Crippen molar-refractivity contribution in [2.24, 2.45) is 40.4 Å². The molecule has 0 N–H and O–H groups in total. The molecule has 0 aromatic carbocycles. The lowest BCUT2D eigenvalue weighted by Gasteiger charge is -2.58. The Hall–Kier alpha value is -1.36. The fraction of sp³-hybridized carbons (Fsp3) is 0.739. The molecule has 0 bridgehead atoms. The van der Waals surface area contributed by atoms with Crippen molar-refractivity contribution in [2.75, 3.05) is 0 Å². The first-order valence-corrected chi connectivity index (χ1v) is 10.1. The molecule has 0 aliphatic heterocycles. The van der Waals surface area contributed by atoms with Crippen LogP contribution in [0.25, 0.3) is 0 Å². The van der Waals surface area contributed by atoms with Gasteiger partial charge in [0.25, 0.3) is 0 Å². The molecule has 4 rings (SSSR count). The summed E-state index contributed by atoms with van der Waals surface area (Å²) in [4.78, 5) is 21.7. The molecule has 7 atom stereocenters. The van der Waals surface area contributed by atoms with Gasteiger partial charge in [0.15, 0.2) is 0 Å². The van der Waals surface area contributed by atoms with Crippen molar-refractivity contribution < 1.29 is 9.59 Å². The number of hydrogen-bond acceptors (Lipinski definition) is 2. The summed E-state index contributed by atoms with van der Waals surface area (Å²) < 4.78 is 0. The van der Waals surface area contributed by atoms with Gasteiger partial charge in [-0.2, -0.15) is 0 Å². The molecular formula is C23H30O2. The van der Waals surface area contributed by atoms with Crippen LogP contribution in [-0.2, 0) is 9.59 Å². The van der Waals surface area contributed by atoms with Crippen LogP contribution in [0.5, 0.6) is 0 Å². The van der Waals surface area contributed by atoms with E-state index in [4.69, 9.17) is 0 Å². The Labute approximate surface area is 151 Å². The second-order valence-corrected chi connectivity index (χ2v) is 9.56. The summed E-state index contributed by atoms with van der Waals surface area (Å²) in [6, 6.07) is 0. The van der Waals surface area contributed by atoms with Gasteiger partial charge in [0, 0.05) is 12.2 Å². The second-order valence-electron chi connectivity index (χ2n) is 9.56. The second kappa shape index (κ2) is 6.11. The van der Waals surface area contributed by atoms with E-state index in [1.54, 1.807) is 11.6 Å². The lowest BCUT2D eigenvalue weighted by atomic mass is 9.47. The summed E-state index contributed by atoms with van der Waals surface area (Å²) in [5.74, 6) is 7.25. The van der Waals surface area contributed by atoms with E-state index < -0.39 is 0 Å². The largest absolute Gasteiger partial charge is 0.234 e. The maximum absolute atomic E-state index is 11.0. The molecule has 134 valence electrons. The Bertz CT molecular complexity index is 678. The van der Waals surface area contributed by atoms with Crippen LogP contribution >= 0.6 is 0 Å². The van der Waals surface area contributed by atoms with Crippen molar-refractivity contribution in [1.82, 2.24) is 0 Å². The van der Waals surface area contributed by atoms with Crippen LogP contribution in [0.1, 0.15) is 65.2 Å². The average molecular weight is 338 g/mol. The SMILES string of the molecule is C[C@]12CCC(C=C=O)CC1=CC[C@@H]1[C@H]2CC[C@]2(C)C(C=C=O)CC[C@@H]12. The Balaban J connectivity index is 1.63. The maximum atomic E-state index is 11.0. The number of rotatable bonds is 2. The number of fused-ring (bicyclic) bond motifs is 5. The minimum Gasteiger partial charge on any atom is -0.234 e. The van der Waals surface area contributed by atoms with Gasteiger partial charge in [0.1, 0.15) is 11.9 Å². The quantitative estimate of drug-likeness (QED) is 0.527. The van der Waals surface area contributed by atoms with Crippen LogP contribution in [-0.4, -0.2) is 11.9 Å². The zero-order valence-corrected chi connectivity index (χ0v) is 15.6. The molecule has 2 heteroatoms. The van der Waals surface area contributed by atoms with Crippen molar-refractivity contribution in [3.05, 3.63) is 23.8 Å². The molecule has 4 aliphatic carbocycles. The van der Waals surface area contributed by atoms with E-state index >= 15 is 0 Å². The smallest absolute Gasteiger partial charge is 0.120 e. The summed E-state index contributed by atoms with van der Waals surface area (Å²) in [6.45, 7) is 4.93. The zero-order valence-electron chi connectivity index (χ0n) is 15.6. The molecular weight excluding hydrogens is 308 g/mol. The molecule has 0 aromatic heterocycles. The zero-order chi connectivity index (χ0) is 17.7. The predicted molar refractivity (Wildman–Crippen MR) is 99.2 cm³/mol. The first-order valence-electron chi connectivity index (χ1n) is 10.1. The molecule has 0 amide bonds. The highest BCUT2D eigenvalue weighted by Crippen LogP contribution is 2.66. The van der Waals surface area contributed by atoms with E-state index in [9.17, 15) is 9.59 Å². The minimum absolute atomic E-state index is 0.303. The molecule has 3 fully saturated rings. The summed E-state index contributed by atoms with van der Waals surface area (Å²) in [6.07, 6.45) is 15.7. The van der Waals surface area contributed by atoms with Crippen LogP contribution < -0.4 is 0 Å². The van der Waals surface area contributed by atoms with Gasteiger partial charge in [-0.1, -0.05) is 25.5 Å². The lowest BCUT2D eigenvalue weighted by molar-refractivity contribution is -0.0366. The van der Waals surface area contributed by atoms with Gasteiger partial charge >= 0.3 is 0 Å². The van der Waals surface area contributed by atoms with E-state index in [2.05, 4.69) is 25.9 Å². The topological polar surface area (TPSA) is 34.1 Å². The standard InChI is InChI=1S/C23H30O2/c1-22-12-8-21-19(20(22)6-4-17(22)10-14-25)5-3-18-15-16(9-13-24)7-11-23(18,21)2/h3,9-10,16-17,19-21H,4-8,11-12,15H2,1-2H3/t16?,17?,19-,20-,21+,22+,23-/m0/s1. The van der Waals surface area contributed by atoms with E-state index in [0.29, 0.717) is 22.7 Å². The van der Waals surface area contributed by atoms with Crippen LogP contribution in [0.3, 0.4) is 0 Å². The van der Waals surface area contributed by atoms with Crippen molar-refractivity contribution in [1.29, 1.82) is 0 Å². The number of hydrogen-bond donors (Lipinski definition) is 0. The van der Waals surface area contributed by atoms with Gasteiger partial charge in [-0.3, -0.25) is 0 Å². The summed E-state index contributed by atoms with van der Waals surface area (Å²) >= 11 is 0. The fourth-order valence-electron chi connectivity index (χ4n) is 7.32. The van der Waals surface area contributed by atoms with Gasteiger partial charge in [0.05, 0.1) is 0 Å². The van der Waals surface area contributed by atoms with E-state index in [-0.39, 0.29) is 0 Å². The van der Waals surface area contributed by atoms with Crippen molar-refractivity contribution in [3.63, 3.8) is 0 Å². The molecule has 0 heterocycles. The monoisotopic (exact) mass is 338 g/mol. The normalized spacial score (nSPS) is 48.1. The Morgan fingerprint density at radius 3 is 2.56 bits per heavy atom. The molecule has 2 unspecified atom stereocenters. The minimum atomic E-state index is 0.303. The fourth-order valence-corrected chi connectivity index (χ4v) is 7.32. The molecule has 4 aliphatic rings. The predicted octanol–water partition coefficient (Wildman–Crippen LogP) is 4.96. The first-order chi connectivity index (χ1) is 12.0. The molecule has 0 aromatic rings. The van der Waals surface area contributed by atoms with Gasteiger partial charge < -0.3 is 0 Å². The van der Waals surface area contributed by atoms with Crippen LogP contribution in [0.2, 0.25) is 0 Å². The van der Waals surface area contributed by atoms with Crippen molar-refractivity contribution in [2.45, 2.75) is 65.2 Å². The molecule has 2 nitrogen and oxygen atoms in total. The van der Waals surface area contributed by atoms with E-state index in [1.807, 2.05) is 12.0 Å². The van der Waals surface area contributed by atoms with Gasteiger partial charge in [-0.05, 0) is 91.8 Å². The summed E-state index contributed by atoms with van der Waals surface area (Å²) in [5.41, 5.74) is 2.25. The van der Waals surface area contributed by atoms with Crippen LogP contribution in [0.15, 0.2) is 23.8 Å². The Morgan fingerprint density at radius 1 is 1.00 bits per heavy atom. The van der Waals surface area contributed by atoms with Crippen molar-refractivity contribution in [3.8, 4) is 0 Å². The molecule has 0 saturated heterocycles. The Kier molecular flexibility index (Phi) is 4.18. The molecule has 3 saturated carbocycles. The highest BCUT2D eigenvalue weighted by molar-refractivity contribution is 5.47. The molecule has 25 heavy (non-hydrogen) atoms. The van der Waals surface area contributed by atoms with Gasteiger partial charge in [0.2, 0.25) is 0 Å². The van der Waals surface area contributed by atoms with Gasteiger partial charge in [-0.25, -0.2) is 9.59 Å². The van der Waals surface area contributed by atoms with Crippen LogP contribution in [0.4, 0.5) is 0 Å². The number of allylic oxidation sites excluding steroid dienone is 4. The molecule has 0 radical (unpaired) electrons. The van der Waals surface area contributed by atoms with Gasteiger partial charge in [-0.15, -0.1) is 0 Å². The van der Waals surface area contributed by atoms with Crippen molar-refractivity contribution >= 4 is 11.9 Å². The third-order valence-corrected chi connectivity index (χ3v) is 8.79. The first kappa shape index (κ1) is 17.1. The van der Waals surface area contributed by atoms with Crippen LogP contribution in [0, 0.1) is 40.4 Å². The average Bonchev–Trinajstić information content (AvgIpc) is 2.93. The lowest BCUT2D eigenvalue weighted by Crippen LogP contribution is -2.49. The molecule has 0 spiro atoms.